The fourth-order valence-corrected chi connectivity index (χ4v) is 2.21. The molecule has 1 aliphatic carbocycles. The molecule has 0 aromatic heterocycles. The summed E-state index contributed by atoms with van der Waals surface area (Å²) >= 11 is 0. The van der Waals surface area contributed by atoms with Gasteiger partial charge in [0.05, 0.1) is 11.9 Å². The van der Waals surface area contributed by atoms with Gasteiger partial charge in [-0.3, -0.25) is 0 Å². The lowest BCUT2D eigenvalue weighted by atomic mass is 9.86. The Morgan fingerprint density at radius 2 is 1.83 bits per heavy atom. The Kier molecular flexibility index (Phi) is 3.43. The van der Waals surface area contributed by atoms with Crippen molar-refractivity contribution in [3.05, 3.63) is 53.8 Å². The van der Waals surface area contributed by atoms with Gasteiger partial charge in [-0.1, -0.05) is 18.2 Å². The Morgan fingerprint density at radius 1 is 1.17 bits per heavy atom. The monoisotopic (exact) mass is 246 g/mol. The number of hydrogen-bond donors (Lipinski definition) is 2. The predicted octanol–water partition coefficient (Wildman–Crippen LogP) is 3.41. The van der Waals surface area contributed by atoms with Gasteiger partial charge in [0.2, 0.25) is 0 Å². The van der Waals surface area contributed by atoms with Crippen molar-refractivity contribution in [3.8, 4) is 5.75 Å². The molecular formula is C15H18O3. The van der Waals surface area contributed by atoms with Gasteiger partial charge in [-0.25, -0.2) is 0 Å². The van der Waals surface area contributed by atoms with Crippen molar-refractivity contribution in [2.45, 2.75) is 32.0 Å². The fourth-order valence-electron chi connectivity index (χ4n) is 2.21. The average molecular weight is 246 g/mol. The first-order valence-electron chi connectivity index (χ1n) is 6.06. The molecule has 0 spiro atoms. The van der Waals surface area contributed by atoms with E-state index in [4.69, 9.17) is 4.74 Å². The number of phenols is 1. The molecule has 1 unspecified atom stereocenters. The number of aromatic hydroxyl groups is 1. The molecule has 1 aliphatic rings. The molecule has 96 valence electrons. The quantitative estimate of drug-likeness (QED) is 0.859. The van der Waals surface area contributed by atoms with Crippen LogP contribution >= 0.6 is 0 Å². The fraction of sp³-hybridized carbons (Fsp3) is 0.333. The van der Waals surface area contributed by atoms with E-state index >= 15 is 0 Å². The summed E-state index contributed by atoms with van der Waals surface area (Å²) < 4.78 is 6.01. The van der Waals surface area contributed by atoms with E-state index in [1.807, 2.05) is 32.1 Å². The number of phenolic OH excluding ortho intramolecular Hbond substituents is 1. The summed E-state index contributed by atoms with van der Waals surface area (Å²) in [4.78, 5) is 0. The molecule has 1 aromatic carbocycles. The van der Waals surface area contributed by atoms with Crippen LogP contribution in [0.3, 0.4) is 0 Å². The van der Waals surface area contributed by atoms with E-state index in [-0.39, 0.29) is 11.9 Å². The van der Waals surface area contributed by atoms with Crippen molar-refractivity contribution in [2.24, 2.45) is 0 Å². The van der Waals surface area contributed by atoms with Crippen molar-refractivity contribution in [3.63, 3.8) is 0 Å². The van der Waals surface area contributed by atoms with Crippen molar-refractivity contribution in [1.29, 1.82) is 0 Å². The number of hydrogen-bond acceptors (Lipinski definition) is 3. The van der Waals surface area contributed by atoms with Crippen LogP contribution in [-0.4, -0.2) is 16.3 Å². The third kappa shape index (κ3) is 2.57. The van der Waals surface area contributed by atoms with Crippen LogP contribution in [0.1, 0.15) is 25.8 Å². The second-order valence-electron chi connectivity index (χ2n) is 4.80. The summed E-state index contributed by atoms with van der Waals surface area (Å²) in [6.45, 7) is 3.93. The maximum atomic E-state index is 9.75. The second kappa shape index (κ2) is 4.86. The highest BCUT2D eigenvalue weighted by molar-refractivity contribution is 5.37. The first-order chi connectivity index (χ1) is 8.52. The molecule has 0 saturated heterocycles. The van der Waals surface area contributed by atoms with Gasteiger partial charge >= 0.3 is 0 Å². The topological polar surface area (TPSA) is 49.7 Å². The first-order valence-corrected chi connectivity index (χ1v) is 6.06. The standard InChI is InChI=1S/C15H18O3/c1-11(2)18-15(9-3-4-14(17)10-15)12-5-7-13(16)8-6-12/h3-9,11,16-17H,10H2,1-2H3. The Hall–Kier alpha value is -1.74. The molecule has 0 saturated carbocycles. The van der Waals surface area contributed by atoms with Crippen LogP contribution in [0.2, 0.25) is 0 Å². The van der Waals surface area contributed by atoms with Gasteiger partial charge in [0, 0.05) is 6.42 Å². The van der Waals surface area contributed by atoms with E-state index in [0.717, 1.165) is 5.56 Å². The summed E-state index contributed by atoms with van der Waals surface area (Å²) in [6, 6.07) is 6.90. The Labute approximate surface area is 107 Å². The van der Waals surface area contributed by atoms with Crippen LogP contribution < -0.4 is 0 Å². The van der Waals surface area contributed by atoms with E-state index in [0.29, 0.717) is 12.2 Å². The third-order valence-corrected chi connectivity index (χ3v) is 2.90. The molecule has 0 aliphatic heterocycles. The Morgan fingerprint density at radius 3 is 2.39 bits per heavy atom. The smallest absolute Gasteiger partial charge is 0.119 e. The molecule has 0 amide bonds. The van der Waals surface area contributed by atoms with Crippen LogP contribution in [-0.2, 0) is 10.3 Å². The summed E-state index contributed by atoms with van der Waals surface area (Å²) in [5.74, 6) is 0.518. The molecule has 1 aromatic rings. The van der Waals surface area contributed by atoms with Gasteiger partial charge < -0.3 is 14.9 Å². The molecule has 0 fully saturated rings. The van der Waals surface area contributed by atoms with Crippen LogP contribution in [0.4, 0.5) is 0 Å². The Balaban J connectivity index is 2.40. The molecule has 2 rings (SSSR count). The van der Waals surface area contributed by atoms with E-state index in [2.05, 4.69) is 0 Å². The van der Waals surface area contributed by atoms with E-state index in [9.17, 15) is 10.2 Å². The lowest BCUT2D eigenvalue weighted by Crippen LogP contribution is -2.32. The molecule has 1 atom stereocenters. The van der Waals surface area contributed by atoms with Gasteiger partial charge in [-0.05, 0) is 43.7 Å². The summed E-state index contributed by atoms with van der Waals surface area (Å²) in [6.07, 6.45) is 5.86. The highest BCUT2D eigenvalue weighted by Gasteiger charge is 2.34. The van der Waals surface area contributed by atoms with E-state index in [1.165, 1.54) is 0 Å². The SMILES string of the molecule is CC(C)OC1(c2ccc(O)cc2)C=CC=C(O)C1. The van der Waals surface area contributed by atoms with Crippen molar-refractivity contribution >= 4 is 0 Å². The van der Waals surface area contributed by atoms with Crippen LogP contribution in [0.15, 0.2) is 48.3 Å². The average Bonchev–Trinajstić information content (AvgIpc) is 2.28. The van der Waals surface area contributed by atoms with Gasteiger partial charge in [-0.15, -0.1) is 0 Å². The highest BCUT2D eigenvalue weighted by atomic mass is 16.5. The molecule has 3 heteroatoms. The van der Waals surface area contributed by atoms with Crippen molar-refractivity contribution in [2.75, 3.05) is 0 Å². The molecule has 0 radical (unpaired) electrons. The summed E-state index contributed by atoms with van der Waals surface area (Å²) in [5, 5.41) is 19.1. The molecule has 2 N–H and O–H groups in total. The third-order valence-electron chi connectivity index (χ3n) is 2.90. The number of allylic oxidation sites excluding steroid dienone is 2. The van der Waals surface area contributed by atoms with Gasteiger partial charge in [-0.2, -0.15) is 0 Å². The molecule has 0 heterocycles. The van der Waals surface area contributed by atoms with Crippen LogP contribution in [0.5, 0.6) is 5.75 Å². The molecule has 0 bridgehead atoms. The van der Waals surface area contributed by atoms with E-state index in [1.54, 1.807) is 24.3 Å². The molecular weight excluding hydrogens is 228 g/mol. The molecule has 3 nitrogen and oxygen atoms in total. The lowest BCUT2D eigenvalue weighted by Gasteiger charge is -2.34. The zero-order chi connectivity index (χ0) is 13.2. The lowest BCUT2D eigenvalue weighted by molar-refractivity contribution is -0.0573. The normalized spacial score (nSPS) is 23.2. The highest BCUT2D eigenvalue weighted by Crippen LogP contribution is 2.37. The van der Waals surface area contributed by atoms with Crippen LogP contribution in [0, 0.1) is 0 Å². The maximum Gasteiger partial charge on any atom is 0.119 e. The summed E-state index contributed by atoms with van der Waals surface area (Å²) in [5.41, 5.74) is 0.269. The molecule has 18 heavy (non-hydrogen) atoms. The minimum absolute atomic E-state index is 0.0364. The number of rotatable bonds is 3. The Bertz CT molecular complexity index is 471. The number of benzene rings is 1. The zero-order valence-electron chi connectivity index (χ0n) is 10.6. The largest absolute Gasteiger partial charge is 0.512 e. The number of aliphatic hydroxyl groups is 1. The maximum absolute atomic E-state index is 9.75. The van der Waals surface area contributed by atoms with Crippen molar-refractivity contribution in [1.82, 2.24) is 0 Å². The van der Waals surface area contributed by atoms with Crippen molar-refractivity contribution < 1.29 is 14.9 Å². The van der Waals surface area contributed by atoms with Gasteiger partial charge in [0.15, 0.2) is 0 Å². The van der Waals surface area contributed by atoms with E-state index < -0.39 is 5.60 Å². The van der Waals surface area contributed by atoms with Gasteiger partial charge in [0.1, 0.15) is 11.4 Å². The second-order valence-corrected chi connectivity index (χ2v) is 4.80. The minimum atomic E-state index is -0.652. The first kappa shape index (κ1) is 12.7. The number of aliphatic hydroxyl groups excluding tert-OH is 1. The predicted molar refractivity (Wildman–Crippen MR) is 70.5 cm³/mol. The summed E-state index contributed by atoms with van der Waals surface area (Å²) in [7, 11) is 0. The minimum Gasteiger partial charge on any atom is -0.512 e. The van der Waals surface area contributed by atoms with Crippen LogP contribution in [0.25, 0.3) is 0 Å². The number of ether oxygens (including phenoxy) is 1. The zero-order valence-corrected chi connectivity index (χ0v) is 10.6. The van der Waals surface area contributed by atoms with Gasteiger partial charge in [0.25, 0.3) is 0 Å².